The van der Waals surface area contributed by atoms with Crippen LogP contribution in [0.25, 0.3) is 0 Å². The second kappa shape index (κ2) is 8.91. The fourth-order valence-electron chi connectivity index (χ4n) is 2.26. The number of nitro benzene ring substituents is 1. The van der Waals surface area contributed by atoms with E-state index in [1.54, 1.807) is 6.07 Å². The number of nitrogens with zero attached hydrogens (tertiary/aromatic N) is 2. The van der Waals surface area contributed by atoms with Gasteiger partial charge in [0.15, 0.2) is 0 Å². The lowest BCUT2D eigenvalue weighted by Gasteiger charge is -2.08. The molecule has 0 fully saturated rings. The molecule has 0 aliphatic heterocycles. The summed E-state index contributed by atoms with van der Waals surface area (Å²) in [5, 5.41) is 17.2. The van der Waals surface area contributed by atoms with Crippen LogP contribution in [0.1, 0.15) is 23.1 Å². The Kier molecular flexibility index (Phi) is 6.62. The number of hydrogen-bond acceptors (Lipinski definition) is 5. The van der Waals surface area contributed by atoms with Gasteiger partial charge in [0.1, 0.15) is 11.4 Å². The third-order valence-electron chi connectivity index (χ3n) is 3.55. The highest BCUT2D eigenvalue weighted by molar-refractivity contribution is 6.32. The second-order valence-corrected chi connectivity index (χ2v) is 6.21. The van der Waals surface area contributed by atoms with Gasteiger partial charge in [-0.3, -0.25) is 19.7 Å². The third kappa shape index (κ3) is 5.89. The van der Waals surface area contributed by atoms with Crippen molar-refractivity contribution in [2.24, 2.45) is 5.10 Å². The molecule has 8 nitrogen and oxygen atoms in total. The minimum absolute atomic E-state index is 0.00394. The van der Waals surface area contributed by atoms with Crippen LogP contribution in [0.3, 0.4) is 0 Å². The number of carbonyl (C=O) groups excluding carboxylic acids is 2. The zero-order valence-electron chi connectivity index (χ0n) is 14.7. The number of rotatable bonds is 6. The predicted molar refractivity (Wildman–Crippen MR) is 103 cm³/mol. The van der Waals surface area contributed by atoms with Gasteiger partial charge >= 0.3 is 0 Å². The Morgan fingerprint density at radius 1 is 1.19 bits per heavy atom. The van der Waals surface area contributed by atoms with E-state index in [9.17, 15) is 19.7 Å². The van der Waals surface area contributed by atoms with Crippen molar-refractivity contribution in [3.8, 4) is 0 Å². The van der Waals surface area contributed by atoms with Crippen LogP contribution in [-0.2, 0) is 9.59 Å². The van der Waals surface area contributed by atoms with E-state index in [0.29, 0.717) is 11.3 Å². The summed E-state index contributed by atoms with van der Waals surface area (Å²) < 4.78 is 0. The molecular formula is C18H17ClN4O4. The van der Waals surface area contributed by atoms with Crippen molar-refractivity contribution in [2.45, 2.75) is 20.3 Å². The van der Waals surface area contributed by atoms with E-state index >= 15 is 0 Å². The minimum Gasteiger partial charge on any atom is -0.325 e. The number of aryl methyl sites for hydroxylation is 2. The fraction of sp³-hybridized carbons (Fsp3) is 0.167. The fourth-order valence-corrected chi connectivity index (χ4v) is 2.45. The van der Waals surface area contributed by atoms with Crippen LogP contribution in [-0.4, -0.2) is 23.0 Å². The molecule has 2 N–H and O–H groups in total. The van der Waals surface area contributed by atoms with Gasteiger partial charge in [0.2, 0.25) is 11.8 Å². The summed E-state index contributed by atoms with van der Waals surface area (Å²) in [6.45, 7) is 3.80. The van der Waals surface area contributed by atoms with Crippen molar-refractivity contribution in [3.05, 3.63) is 68.2 Å². The van der Waals surface area contributed by atoms with E-state index in [2.05, 4.69) is 15.8 Å². The molecule has 2 amide bonds. The van der Waals surface area contributed by atoms with Gasteiger partial charge in [-0.25, -0.2) is 5.43 Å². The van der Waals surface area contributed by atoms with Crippen LogP contribution in [0.15, 0.2) is 41.5 Å². The molecule has 0 saturated carbocycles. The molecule has 0 unspecified atom stereocenters. The van der Waals surface area contributed by atoms with Crippen molar-refractivity contribution in [1.29, 1.82) is 0 Å². The lowest BCUT2D eigenvalue weighted by molar-refractivity contribution is -0.384. The number of carbonyl (C=O) groups is 2. The summed E-state index contributed by atoms with van der Waals surface area (Å²) in [5.74, 6) is -1.09. The molecule has 0 atom stereocenters. The predicted octanol–water partition coefficient (Wildman–Crippen LogP) is 3.34. The zero-order chi connectivity index (χ0) is 20.0. The Balaban J connectivity index is 1.90. The van der Waals surface area contributed by atoms with Crippen LogP contribution in [0.5, 0.6) is 0 Å². The van der Waals surface area contributed by atoms with Crippen LogP contribution >= 0.6 is 11.6 Å². The second-order valence-electron chi connectivity index (χ2n) is 5.80. The van der Waals surface area contributed by atoms with Crippen molar-refractivity contribution in [1.82, 2.24) is 5.43 Å². The Hall–Kier alpha value is -3.26. The van der Waals surface area contributed by atoms with Crippen molar-refractivity contribution < 1.29 is 14.5 Å². The molecule has 0 bridgehead atoms. The molecule has 0 aromatic heterocycles. The average Bonchev–Trinajstić information content (AvgIpc) is 2.58. The van der Waals surface area contributed by atoms with E-state index in [1.807, 2.05) is 26.0 Å². The Morgan fingerprint density at radius 3 is 2.59 bits per heavy atom. The first-order chi connectivity index (χ1) is 12.8. The molecule has 2 aromatic carbocycles. The molecule has 9 heteroatoms. The first kappa shape index (κ1) is 20.1. The molecule has 2 rings (SSSR count). The van der Waals surface area contributed by atoms with Crippen molar-refractivity contribution >= 4 is 41.0 Å². The number of hydrazone groups is 1. The first-order valence-electron chi connectivity index (χ1n) is 7.89. The van der Waals surface area contributed by atoms with Gasteiger partial charge in [0, 0.05) is 17.3 Å². The van der Waals surface area contributed by atoms with E-state index in [-0.39, 0.29) is 10.7 Å². The maximum absolute atomic E-state index is 11.9. The highest BCUT2D eigenvalue weighted by Gasteiger charge is 2.12. The number of amides is 2. The van der Waals surface area contributed by atoms with Crippen LogP contribution in [0.2, 0.25) is 5.02 Å². The van der Waals surface area contributed by atoms with E-state index < -0.39 is 23.2 Å². The van der Waals surface area contributed by atoms with Gasteiger partial charge in [-0.15, -0.1) is 0 Å². The highest BCUT2D eigenvalue weighted by atomic mass is 35.5. The number of halogens is 1. The third-order valence-corrected chi connectivity index (χ3v) is 3.87. The Morgan fingerprint density at radius 2 is 1.93 bits per heavy atom. The topological polar surface area (TPSA) is 114 Å². The van der Waals surface area contributed by atoms with Gasteiger partial charge in [0.05, 0.1) is 11.1 Å². The van der Waals surface area contributed by atoms with Crippen LogP contribution in [0, 0.1) is 24.0 Å². The maximum Gasteiger partial charge on any atom is 0.288 e. The van der Waals surface area contributed by atoms with Gasteiger partial charge in [0.25, 0.3) is 5.69 Å². The summed E-state index contributed by atoms with van der Waals surface area (Å²) in [4.78, 5) is 33.9. The summed E-state index contributed by atoms with van der Waals surface area (Å²) in [6, 6.07) is 9.65. The molecule has 0 aliphatic rings. The van der Waals surface area contributed by atoms with Crippen molar-refractivity contribution in [2.75, 3.05) is 5.32 Å². The van der Waals surface area contributed by atoms with E-state index in [4.69, 9.17) is 11.6 Å². The maximum atomic E-state index is 11.9. The minimum atomic E-state index is -0.615. The first-order valence-corrected chi connectivity index (χ1v) is 8.27. The quantitative estimate of drug-likeness (QED) is 0.342. The molecule has 0 aliphatic carbocycles. The summed E-state index contributed by atoms with van der Waals surface area (Å²) >= 11 is 5.72. The Bertz CT molecular complexity index is 928. The molecule has 0 radical (unpaired) electrons. The number of hydrogen-bond donors (Lipinski definition) is 2. The molecule has 140 valence electrons. The van der Waals surface area contributed by atoms with E-state index in [0.717, 1.165) is 11.1 Å². The normalized spacial score (nSPS) is 10.6. The largest absolute Gasteiger partial charge is 0.325 e. The smallest absolute Gasteiger partial charge is 0.288 e. The zero-order valence-corrected chi connectivity index (χ0v) is 15.4. The Labute approximate surface area is 160 Å². The standard InChI is InChI=1S/C18H17ClN4O4/c1-11-3-6-15(12(2)7-11)21-17(24)9-18(25)22-20-10-13-4-5-14(19)16(8-13)23(26)27/h3-8,10H,9H2,1-2H3,(H,21,24)(H,22,25). The molecule has 0 spiro atoms. The van der Waals surface area contributed by atoms with Gasteiger partial charge in [-0.1, -0.05) is 35.4 Å². The summed E-state index contributed by atoms with van der Waals surface area (Å²) in [5.41, 5.74) is 4.92. The number of anilines is 1. The van der Waals surface area contributed by atoms with Gasteiger partial charge in [-0.05, 0) is 31.5 Å². The SMILES string of the molecule is Cc1ccc(NC(=O)CC(=O)NN=Cc2ccc(Cl)c([N+](=O)[O-])c2)c(C)c1. The van der Waals surface area contributed by atoms with Crippen LogP contribution in [0.4, 0.5) is 11.4 Å². The highest BCUT2D eigenvalue weighted by Crippen LogP contribution is 2.24. The van der Waals surface area contributed by atoms with Crippen LogP contribution < -0.4 is 10.7 Å². The molecule has 27 heavy (non-hydrogen) atoms. The van der Waals surface area contributed by atoms with Gasteiger partial charge < -0.3 is 5.32 Å². The lowest BCUT2D eigenvalue weighted by Crippen LogP contribution is -2.24. The van der Waals surface area contributed by atoms with E-state index in [1.165, 1.54) is 24.4 Å². The number of nitro groups is 1. The molecular weight excluding hydrogens is 372 g/mol. The molecule has 0 heterocycles. The lowest BCUT2D eigenvalue weighted by atomic mass is 10.1. The van der Waals surface area contributed by atoms with Gasteiger partial charge in [-0.2, -0.15) is 5.10 Å². The number of nitrogens with one attached hydrogen (secondary N) is 2. The number of benzene rings is 2. The van der Waals surface area contributed by atoms with Crippen molar-refractivity contribution in [3.63, 3.8) is 0 Å². The average molecular weight is 389 g/mol. The molecule has 0 saturated heterocycles. The molecule has 2 aromatic rings. The summed E-state index contributed by atoms with van der Waals surface area (Å²) in [6.07, 6.45) is 0.814. The monoisotopic (exact) mass is 388 g/mol. The summed E-state index contributed by atoms with van der Waals surface area (Å²) in [7, 11) is 0.